The van der Waals surface area contributed by atoms with E-state index in [0.29, 0.717) is 5.56 Å². The monoisotopic (exact) mass is 1810 g/mol. The second-order valence-corrected chi connectivity index (χ2v) is 65.0. The van der Waals surface area contributed by atoms with Gasteiger partial charge in [0.1, 0.15) is 93.4 Å². The second-order valence-electron chi connectivity index (χ2n) is 41.2. The van der Waals surface area contributed by atoms with E-state index >= 15 is 4.79 Å². The van der Waals surface area contributed by atoms with Crippen molar-refractivity contribution in [3.63, 3.8) is 0 Å². The fourth-order valence-electron chi connectivity index (χ4n) is 14.0. The molecule has 0 aromatic heterocycles. The van der Waals surface area contributed by atoms with E-state index in [1.165, 1.54) is 0 Å². The topological polar surface area (TPSA) is 320 Å². The van der Waals surface area contributed by atoms with Gasteiger partial charge in [0, 0.05) is 18.2 Å². The summed E-state index contributed by atoms with van der Waals surface area (Å²) in [5, 5.41) is 23.8. The molecule has 1 saturated carbocycles. The number of benzene rings is 5. The summed E-state index contributed by atoms with van der Waals surface area (Å²) in [6.45, 7) is 52.2. The van der Waals surface area contributed by atoms with Gasteiger partial charge < -0.3 is 111 Å². The standard InChI is InChI=1S/C92H143N5O22Si5/c1-88(2,3)120(16,17)108-58-68-74(114-81-70(97-87(102)107-56-62-47-37-29-38-48-62)77(118-123(22,23)91(10,11)12)75(116-121(18,19)89(4,5)6)66(109-81)52-94-84(99)104-53-59-41-31-26-32-42-59)79(119-124(24,25)92(13,14)15)83(111-68)115-78-71(98)64(93)51-65(95-85(100)105-54-60-43-33-27-34-44-60)72(78)112-82-69(96-86(101)106-55-61-45-35-28-36-46-61)76(117-122(20,21)90(7,8)9)73-67(110-82)57-103-80(113-73)63-49-39-30-40-50-63/h26-50,64-83,98H,51-58,93H2,1-25H3,(H,94,99)(H,95,100)(H,96,101)(H,97,102)/t64-,65+,66+,67-,68-,69-,70-,71+,72-,73-,74-,75-,76-,77-,78-,79-,80?,81-,82-,83+/m1/s1. The average Bonchev–Trinajstić information content (AvgIpc) is 1.13. The lowest BCUT2D eigenvalue weighted by Crippen LogP contribution is -2.72. The van der Waals surface area contributed by atoms with Crippen molar-refractivity contribution in [3.05, 3.63) is 179 Å². The number of aliphatic hydroxyl groups is 1. The first-order valence-corrected chi connectivity index (χ1v) is 58.3. The van der Waals surface area contributed by atoms with Crippen molar-refractivity contribution in [2.45, 2.75) is 350 Å². The molecule has 5 aromatic carbocycles. The fraction of sp³-hybridized carbons (Fsp3) is 0.630. The van der Waals surface area contributed by atoms with E-state index in [-0.39, 0.29) is 57.6 Å². The van der Waals surface area contributed by atoms with Crippen molar-refractivity contribution in [3.8, 4) is 0 Å². The lowest BCUT2D eigenvalue weighted by Gasteiger charge is -2.53. The van der Waals surface area contributed by atoms with Crippen LogP contribution in [0, 0.1) is 0 Å². The highest BCUT2D eigenvalue weighted by Crippen LogP contribution is 2.49. The van der Waals surface area contributed by atoms with Crippen LogP contribution in [0.15, 0.2) is 152 Å². The number of nitrogens with one attached hydrogen (secondary N) is 4. The third-order valence-corrected chi connectivity index (χ3v) is 49.1. The SMILES string of the molecule is CC(C)(C)[Si](C)(C)OC[C@H]1O[C@@H](O[C@@H]2[C@@H](O)[C@H](N)C[C@H](NC(=O)OCc3ccccc3)[C@H]2O[C@H]2O[C@@H]3COC(c4ccccc4)O[C@H]3[C@H](O[Si](C)(C)C(C)(C)C)[C@H]2NC(=O)OCc2ccccc2)[C@H](O[Si](C)(C)C(C)(C)C)[C@@H]1O[C@H]1O[C@@H](CNC(=O)OCc2ccccc2)[C@@H](O[Si](C)(C)C(C)(C)C)[C@H](O[Si](C)(C)C(C)(C)C)[C@H]1NC(=O)OCc1ccccc1. The Labute approximate surface area is 741 Å². The molecule has 27 nitrogen and oxygen atoms in total. The summed E-state index contributed by atoms with van der Waals surface area (Å²) in [6, 6.07) is 41.8. The van der Waals surface area contributed by atoms with Gasteiger partial charge in [-0.15, -0.1) is 0 Å². The van der Waals surface area contributed by atoms with E-state index in [2.05, 4.69) is 191 Å². The van der Waals surface area contributed by atoms with Gasteiger partial charge in [0.15, 0.2) is 66.7 Å². The fourth-order valence-corrected chi connectivity index (χ4v) is 20.3. The maximum absolute atomic E-state index is 15.2. The molecule has 32 heteroatoms. The number of carbonyl (C=O) groups is 4. The Morgan fingerprint density at radius 3 is 1.21 bits per heavy atom. The molecule has 5 fully saturated rings. The van der Waals surface area contributed by atoms with Crippen LogP contribution < -0.4 is 27.0 Å². The molecule has 1 aliphatic carbocycles. The zero-order valence-corrected chi connectivity index (χ0v) is 82.7. The number of fused-ring (bicyclic) bond motifs is 1. The Morgan fingerprint density at radius 2 is 0.766 bits per heavy atom. The van der Waals surface area contributed by atoms with Crippen molar-refractivity contribution >= 4 is 66.0 Å². The summed E-state index contributed by atoms with van der Waals surface area (Å²) in [5.41, 5.74) is 10.9. The highest BCUT2D eigenvalue weighted by molar-refractivity contribution is 6.76. The minimum absolute atomic E-state index is 0.0251. The first kappa shape index (κ1) is 99.8. The minimum Gasteiger partial charge on any atom is -0.445 e. The Balaban J connectivity index is 1.14. The van der Waals surface area contributed by atoms with Crippen LogP contribution in [0.3, 0.4) is 0 Å². The maximum atomic E-state index is 15.2. The van der Waals surface area contributed by atoms with Gasteiger partial charge in [-0.25, -0.2) is 19.2 Å². The molecule has 10 rings (SSSR count). The summed E-state index contributed by atoms with van der Waals surface area (Å²) in [7, 11) is -14.8. The summed E-state index contributed by atoms with van der Waals surface area (Å²) in [6.07, 6.45) is -23.6. The van der Waals surface area contributed by atoms with Gasteiger partial charge in [-0.2, -0.15) is 0 Å². The molecule has 1 unspecified atom stereocenters. The number of hydrogen-bond donors (Lipinski definition) is 6. The molecule has 4 heterocycles. The number of alkyl carbamates (subject to hydrolysis) is 4. The summed E-state index contributed by atoms with van der Waals surface area (Å²) < 4.78 is 121. The maximum Gasteiger partial charge on any atom is 0.407 e. The number of rotatable bonds is 31. The lowest BCUT2D eigenvalue weighted by molar-refractivity contribution is -0.356. The number of amides is 4. The van der Waals surface area contributed by atoms with E-state index in [4.69, 9.17) is 84.7 Å². The molecule has 688 valence electrons. The summed E-state index contributed by atoms with van der Waals surface area (Å²) >= 11 is 0. The van der Waals surface area contributed by atoms with E-state index < -0.39 is 209 Å². The Bertz CT molecular complexity index is 4210. The van der Waals surface area contributed by atoms with Gasteiger partial charge in [-0.05, 0) is 119 Å². The molecule has 124 heavy (non-hydrogen) atoms. The normalized spacial score (nSPS) is 28.2. The number of carbonyl (C=O) groups excluding carboxylic acids is 4. The van der Waals surface area contributed by atoms with Crippen LogP contribution in [0.5, 0.6) is 0 Å². The average molecular weight is 1810 g/mol. The largest absolute Gasteiger partial charge is 0.445 e. The molecule has 7 N–H and O–H groups in total. The molecular formula is C92H143N5O22Si5. The summed E-state index contributed by atoms with van der Waals surface area (Å²) in [4.78, 5) is 59.3. The predicted molar refractivity (Wildman–Crippen MR) is 486 cm³/mol. The molecule has 20 atom stereocenters. The molecular weight excluding hydrogens is 1670 g/mol. The number of nitrogens with two attached hydrogens (primary N) is 1. The van der Waals surface area contributed by atoms with Crippen LogP contribution in [0.4, 0.5) is 19.2 Å². The molecule has 0 bridgehead atoms. The van der Waals surface area contributed by atoms with Crippen LogP contribution in [0.25, 0.3) is 0 Å². The van der Waals surface area contributed by atoms with Crippen LogP contribution in [0.2, 0.25) is 90.7 Å². The highest BCUT2D eigenvalue weighted by Gasteiger charge is 2.62. The van der Waals surface area contributed by atoms with Gasteiger partial charge >= 0.3 is 24.4 Å². The van der Waals surface area contributed by atoms with E-state index in [0.717, 1.165) is 22.3 Å². The molecule has 4 aliphatic heterocycles. The number of ether oxygens (including phenoxy) is 12. The molecule has 0 radical (unpaired) electrons. The van der Waals surface area contributed by atoms with Crippen molar-refractivity contribution in [1.82, 2.24) is 21.3 Å². The van der Waals surface area contributed by atoms with Crippen LogP contribution >= 0.6 is 0 Å². The van der Waals surface area contributed by atoms with Gasteiger partial charge in [0.05, 0.1) is 37.6 Å². The third kappa shape index (κ3) is 25.8. The molecule has 4 saturated heterocycles. The van der Waals surface area contributed by atoms with Gasteiger partial charge in [-0.1, -0.05) is 256 Å². The smallest absolute Gasteiger partial charge is 0.407 e. The third-order valence-electron chi connectivity index (χ3n) is 26.8. The minimum atomic E-state index is -3.17. The first-order valence-electron chi connectivity index (χ1n) is 43.7. The van der Waals surface area contributed by atoms with Gasteiger partial charge in [-0.3, -0.25) is 0 Å². The van der Waals surface area contributed by atoms with E-state index in [1.54, 1.807) is 0 Å². The molecule has 4 amide bonds. The van der Waals surface area contributed by atoms with E-state index in [1.807, 2.05) is 152 Å². The zero-order valence-electron chi connectivity index (χ0n) is 77.7. The van der Waals surface area contributed by atoms with Crippen molar-refractivity contribution in [2.75, 3.05) is 19.8 Å². The van der Waals surface area contributed by atoms with Crippen molar-refractivity contribution in [2.24, 2.45) is 5.73 Å². The zero-order chi connectivity index (χ0) is 90.9. The quantitative estimate of drug-likeness (QED) is 0.0177. The molecule has 5 aliphatic rings. The van der Waals surface area contributed by atoms with Crippen molar-refractivity contribution in [1.29, 1.82) is 0 Å². The van der Waals surface area contributed by atoms with Crippen LogP contribution in [0.1, 0.15) is 144 Å². The Hall–Kier alpha value is -6.34. The van der Waals surface area contributed by atoms with Crippen molar-refractivity contribution < 1.29 is 103 Å². The number of hydrogen-bond acceptors (Lipinski definition) is 23. The summed E-state index contributed by atoms with van der Waals surface area (Å²) in [5.74, 6) is 0. The van der Waals surface area contributed by atoms with Gasteiger partial charge in [0.2, 0.25) is 0 Å². The Kier molecular flexibility index (Phi) is 33.2. The lowest BCUT2D eigenvalue weighted by atomic mass is 9.83. The first-order chi connectivity index (χ1) is 57.8. The number of aliphatic hydroxyl groups excluding tert-OH is 1. The second kappa shape index (κ2) is 41.2. The predicted octanol–water partition coefficient (Wildman–Crippen LogP) is 16.9. The van der Waals surface area contributed by atoms with Crippen LogP contribution in [-0.2, 0) is 105 Å². The van der Waals surface area contributed by atoms with E-state index in [9.17, 15) is 19.5 Å². The molecule has 5 aromatic rings. The molecule has 0 spiro atoms. The highest BCUT2D eigenvalue weighted by atomic mass is 28.4. The van der Waals surface area contributed by atoms with Gasteiger partial charge in [0.25, 0.3) is 0 Å². The Morgan fingerprint density at radius 1 is 0.403 bits per heavy atom. The van der Waals surface area contributed by atoms with Crippen LogP contribution in [-0.4, -0.2) is 207 Å².